The molecule has 2 unspecified atom stereocenters. The van der Waals surface area contributed by atoms with Crippen LogP contribution in [0.15, 0.2) is 0 Å². The van der Waals surface area contributed by atoms with Crippen LogP contribution >= 0.6 is 0 Å². The number of aliphatic carboxylic acids is 1. The molecule has 1 fully saturated rings. The van der Waals surface area contributed by atoms with Crippen LogP contribution in [0.2, 0.25) is 0 Å². The first-order valence-electron chi connectivity index (χ1n) is 3.28. The first-order chi connectivity index (χ1) is 4.61. The fourth-order valence-electron chi connectivity index (χ4n) is 1.22. The highest BCUT2D eigenvalue weighted by Crippen LogP contribution is 2.12. The van der Waals surface area contributed by atoms with Crippen molar-refractivity contribution in [2.75, 3.05) is 0 Å². The summed E-state index contributed by atoms with van der Waals surface area (Å²) in [6, 6.07) is -0.661. The van der Waals surface area contributed by atoms with Crippen LogP contribution < -0.4 is 5.32 Å². The van der Waals surface area contributed by atoms with E-state index in [1.807, 2.05) is 6.92 Å². The molecule has 0 aromatic heterocycles. The lowest BCUT2D eigenvalue weighted by Crippen LogP contribution is -2.39. The number of carboxylic acid groups (broad SMARTS) is 1. The lowest BCUT2D eigenvalue weighted by molar-refractivity contribution is -0.141. The average molecular weight is 145 g/mol. The molecule has 58 valence electrons. The van der Waals surface area contributed by atoms with Gasteiger partial charge in [0.25, 0.3) is 0 Å². The molecular formula is C6H11NO3. The molecule has 0 spiro atoms. The molecule has 1 aliphatic rings. The molecule has 0 aliphatic carbocycles. The third kappa shape index (κ3) is 1.27. The maximum atomic E-state index is 10.3. The summed E-state index contributed by atoms with van der Waals surface area (Å²) in [5, 5.41) is 20.3. The minimum absolute atomic E-state index is 0.107. The molecule has 10 heavy (non-hydrogen) atoms. The van der Waals surface area contributed by atoms with Gasteiger partial charge in [0, 0.05) is 6.04 Å². The van der Waals surface area contributed by atoms with Crippen LogP contribution in [-0.4, -0.2) is 34.4 Å². The SMILES string of the molecule is CC1CC(O)[C@@H](C(=O)O)N1. The van der Waals surface area contributed by atoms with Crippen LogP contribution in [0.25, 0.3) is 0 Å². The van der Waals surface area contributed by atoms with E-state index in [-0.39, 0.29) is 6.04 Å². The zero-order chi connectivity index (χ0) is 7.72. The molecule has 4 heteroatoms. The lowest BCUT2D eigenvalue weighted by Gasteiger charge is -2.07. The van der Waals surface area contributed by atoms with Crippen LogP contribution in [0.1, 0.15) is 13.3 Å². The molecule has 3 atom stereocenters. The highest BCUT2D eigenvalue weighted by Gasteiger charge is 2.34. The Bertz CT molecular complexity index is 148. The number of carbonyl (C=O) groups is 1. The van der Waals surface area contributed by atoms with Gasteiger partial charge in [-0.05, 0) is 13.3 Å². The summed E-state index contributed by atoms with van der Waals surface area (Å²) in [5.41, 5.74) is 0. The molecule has 0 bridgehead atoms. The van der Waals surface area contributed by atoms with Crippen molar-refractivity contribution < 1.29 is 15.0 Å². The van der Waals surface area contributed by atoms with E-state index in [1.165, 1.54) is 0 Å². The first-order valence-corrected chi connectivity index (χ1v) is 3.28. The number of nitrogens with one attached hydrogen (secondary N) is 1. The van der Waals surface area contributed by atoms with Gasteiger partial charge in [0.2, 0.25) is 0 Å². The van der Waals surface area contributed by atoms with Gasteiger partial charge in [-0.15, -0.1) is 0 Å². The number of aliphatic hydroxyl groups is 1. The second-order valence-corrected chi connectivity index (χ2v) is 2.69. The molecule has 1 saturated heterocycles. The van der Waals surface area contributed by atoms with Crippen LogP contribution in [0, 0.1) is 0 Å². The van der Waals surface area contributed by atoms with Crippen LogP contribution in [0.4, 0.5) is 0 Å². The van der Waals surface area contributed by atoms with Crippen molar-refractivity contribution in [3.05, 3.63) is 0 Å². The maximum Gasteiger partial charge on any atom is 0.323 e. The van der Waals surface area contributed by atoms with Crippen molar-refractivity contribution in [3.8, 4) is 0 Å². The third-order valence-electron chi connectivity index (χ3n) is 1.71. The van der Waals surface area contributed by atoms with Gasteiger partial charge in [-0.2, -0.15) is 0 Å². The number of aliphatic hydroxyl groups excluding tert-OH is 1. The highest BCUT2D eigenvalue weighted by molar-refractivity contribution is 5.74. The Kier molecular flexibility index (Phi) is 1.92. The Balaban J connectivity index is 2.54. The van der Waals surface area contributed by atoms with E-state index in [9.17, 15) is 4.79 Å². The minimum atomic E-state index is -0.975. The molecule has 1 heterocycles. The Hall–Kier alpha value is -0.610. The molecule has 0 saturated carbocycles. The van der Waals surface area contributed by atoms with Gasteiger partial charge in [-0.25, -0.2) is 0 Å². The van der Waals surface area contributed by atoms with E-state index in [0.717, 1.165) is 0 Å². The molecule has 1 aliphatic heterocycles. The smallest absolute Gasteiger partial charge is 0.323 e. The number of rotatable bonds is 1. The summed E-state index contributed by atoms with van der Waals surface area (Å²) in [6.45, 7) is 1.85. The van der Waals surface area contributed by atoms with E-state index in [4.69, 9.17) is 10.2 Å². The van der Waals surface area contributed by atoms with E-state index in [1.54, 1.807) is 0 Å². The molecule has 3 N–H and O–H groups in total. The molecule has 0 amide bonds. The topological polar surface area (TPSA) is 69.6 Å². The van der Waals surface area contributed by atoms with Crippen LogP contribution in [0.5, 0.6) is 0 Å². The second kappa shape index (κ2) is 2.56. The summed E-state index contributed by atoms with van der Waals surface area (Å²) < 4.78 is 0. The summed E-state index contributed by atoms with van der Waals surface area (Å²) in [7, 11) is 0. The Morgan fingerprint density at radius 1 is 1.70 bits per heavy atom. The van der Waals surface area contributed by atoms with Gasteiger partial charge in [0.15, 0.2) is 0 Å². The zero-order valence-corrected chi connectivity index (χ0v) is 5.74. The average Bonchev–Trinajstić information content (AvgIpc) is 2.10. The molecule has 0 aromatic carbocycles. The summed E-state index contributed by atoms with van der Waals surface area (Å²) >= 11 is 0. The molecule has 1 rings (SSSR count). The first kappa shape index (κ1) is 7.50. The van der Waals surface area contributed by atoms with Crippen molar-refractivity contribution in [2.45, 2.75) is 31.5 Å². The lowest BCUT2D eigenvalue weighted by atomic mass is 10.1. The maximum absolute atomic E-state index is 10.3. The summed E-state index contributed by atoms with van der Waals surface area (Å²) in [4.78, 5) is 10.3. The number of hydrogen-bond donors (Lipinski definition) is 3. The number of hydrogen-bond acceptors (Lipinski definition) is 3. The normalized spacial score (nSPS) is 40.0. The van der Waals surface area contributed by atoms with E-state index in [2.05, 4.69) is 5.32 Å². The van der Waals surface area contributed by atoms with E-state index < -0.39 is 18.1 Å². The van der Waals surface area contributed by atoms with Gasteiger partial charge in [0.1, 0.15) is 6.04 Å². The van der Waals surface area contributed by atoms with Gasteiger partial charge >= 0.3 is 5.97 Å². The van der Waals surface area contributed by atoms with Crippen molar-refractivity contribution in [2.24, 2.45) is 0 Å². The third-order valence-corrected chi connectivity index (χ3v) is 1.71. The summed E-state index contributed by atoms with van der Waals surface area (Å²) in [5.74, 6) is -0.975. The fourth-order valence-corrected chi connectivity index (χ4v) is 1.22. The Morgan fingerprint density at radius 3 is 2.50 bits per heavy atom. The van der Waals surface area contributed by atoms with Gasteiger partial charge < -0.3 is 10.2 Å². The summed E-state index contributed by atoms with van der Waals surface area (Å²) in [6.07, 6.45) is -0.204. The Morgan fingerprint density at radius 2 is 2.30 bits per heavy atom. The predicted octanol–water partition coefficient (Wildman–Crippen LogP) is -0.818. The van der Waals surface area contributed by atoms with Gasteiger partial charge in [-0.1, -0.05) is 0 Å². The molecule has 0 aromatic rings. The van der Waals surface area contributed by atoms with Gasteiger partial charge in [-0.3, -0.25) is 10.1 Å². The van der Waals surface area contributed by atoms with Gasteiger partial charge in [0.05, 0.1) is 6.10 Å². The van der Waals surface area contributed by atoms with Crippen molar-refractivity contribution in [1.29, 1.82) is 0 Å². The monoisotopic (exact) mass is 145 g/mol. The van der Waals surface area contributed by atoms with Crippen LogP contribution in [0.3, 0.4) is 0 Å². The largest absolute Gasteiger partial charge is 0.480 e. The quantitative estimate of drug-likeness (QED) is 0.451. The Labute approximate surface area is 58.9 Å². The number of carboxylic acids is 1. The second-order valence-electron chi connectivity index (χ2n) is 2.69. The highest BCUT2D eigenvalue weighted by atomic mass is 16.4. The van der Waals surface area contributed by atoms with E-state index in [0.29, 0.717) is 6.42 Å². The molecular weight excluding hydrogens is 134 g/mol. The van der Waals surface area contributed by atoms with Crippen molar-refractivity contribution in [1.82, 2.24) is 5.32 Å². The standard InChI is InChI=1S/C6H11NO3/c1-3-2-4(8)5(7-3)6(9)10/h3-5,7-8H,2H2,1H3,(H,9,10)/t3?,4?,5-/m0/s1. The van der Waals surface area contributed by atoms with Crippen LogP contribution in [-0.2, 0) is 4.79 Å². The van der Waals surface area contributed by atoms with Crippen molar-refractivity contribution >= 4 is 5.97 Å². The van der Waals surface area contributed by atoms with E-state index >= 15 is 0 Å². The zero-order valence-electron chi connectivity index (χ0n) is 5.74. The van der Waals surface area contributed by atoms with Crippen molar-refractivity contribution in [3.63, 3.8) is 0 Å². The molecule has 0 radical (unpaired) electrons. The molecule has 4 nitrogen and oxygen atoms in total. The fraction of sp³-hybridized carbons (Fsp3) is 0.833. The minimum Gasteiger partial charge on any atom is -0.480 e. The predicted molar refractivity (Wildman–Crippen MR) is 34.6 cm³/mol.